The van der Waals surface area contributed by atoms with Gasteiger partial charge in [0.15, 0.2) is 5.13 Å². The Kier molecular flexibility index (Phi) is 3.17. The molecule has 16 heavy (non-hydrogen) atoms. The number of hydrogen-bond acceptors (Lipinski definition) is 4. The minimum Gasteiger partial charge on any atom is -0.327 e. The van der Waals surface area contributed by atoms with Gasteiger partial charge in [0.2, 0.25) is 5.91 Å². The van der Waals surface area contributed by atoms with Crippen molar-refractivity contribution in [2.24, 2.45) is 5.73 Å². The monoisotopic (exact) mass is 235 g/mol. The molecule has 84 valence electrons. The van der Waals surface area contributed by atoms with Crippen LogP contribution in [0.1, 0.15) is 13.3 Å². The van der Waals surface area contributed by atoms with Crippen molar-refractivity contribution in [3.05, 3.63) is 24.3 Å². The van der Waals surface area contributed by atoms with E-state index in [0.29, 0.717) is 11.6 Å². The maximum absolute atomic E-state index is 11.5. The second kappa shape index (κ2) is 4.59. The molecule has 0 radical (unpaired) electrons. The number of aromatic nitrogens is 1. The zero-order valence-electron chi connectivity index (χ0n) is 8.93. The summed E-state index contributed by atoms with van der Waals surface area (Å²) in [5.74, 6) is -0.0888. The number of nitrogens with two attached hydrogens (primary N) is 1. The largest absolute Gasteiger partial charge is 0.327 e. The molecule has 0 aliphatic heterocycles. The first-order valence-corrected chi connectivity index (χ1v) is 5.88. The van der Waals surface area contributed by atoms with Crippen LogP contribution in [-0.2, 0) is 4.79 Å². The minimum atomic E-state index is -0.130. The Balaban J connectivity index is 2.12. The van der Waals surface area contributed by atoms with Crippen LogP contribution in [0.5, 0.6) is 0 Å². The summed E-state index contributed by atoms with van der Waals surface area (Å²) < 4.78 is 1.07. The number of carbonyl (C=O) groups is 1. The summed E-state index contributed by atoms with van der Waals surface area (Å²) in [6.45, 7) is 1.80. The standard InChI is InChI=1S/C11H13N3OS/c1-7(12)6-10(15)14-11-13-8-4-2-3-5-9(8)16-11/h2-5,7H,6,12H2,1H3,(H,13,14,15). The van der Waals surface area contributed by atoms with Crippen LogP contribution in [-0.4, -0.2) is 16.9 Å². The van der Waals surface area contributed by atoms with E-state index in [9.17, 15) is 4.79 Å². The molecule has 0 saturated heterocycles. The highest BCUT2D eigenvalue weighted by atomic mass is 32.1. The van der Waals surface area contributed by atoms with Gasteiger partial charge in [0.05, 0.1) is 10.2 Å². The van der Waals surface area contributed by atoms with E-state index in [4.69, 9.17) is 5.73 Å². The van der Waals surface area contributed by atoms with E-state index in [-0.39, 0.29) is 11.9 Å². The highest BCUT2D eigenvalue weighted by Crippen LogP contribution is 2.25. The number of fused-ring (bicyclic) bond motifs is 1. The van der Waals surface area contributed by atoms with Crippen LogP contribution in [0, 0.1) is 0 Å². The zero-order chi connectivity index (χ0) is 11.5. The van der Waals surface area contributed by atoms with Gasteiger partial charge in [-0.1, -0.05) is 23.5 Å². The highest BCUT2D eigenvalue weighted by molar-refractivity contribution is 7.22. The molecule has 0 saturated carbocycles. The number of nitrogens with zero attached hydrogens (tertiary/aromatic N) is 1. The topological polar surface area (TPSA) is 68.0 Å². The van der Waals surface area contributed by atoms with Crippen molar-refractivity contribution >= 4 is 32.6 Å². The summed E-state index contributed by atoms with van der Waals surface area (Å²) in [5, 5.41) is 3.38. The van der Waals surface area contributed by atoms with E-state index in [2.05, 4.69) is 10.3 Å². The van der Waals surface area contributed by atoms with Crippen molar-refractivity contribution in [1.82, 2.24) is 4.98 Å². The molecule has 5 heteroatoms. The first-order valence-electron chi connectivity index (χ1n) is 5.06. The first kappa shape index (κ1) is 11.0. The second-order valence-electron chi connectivity index (χ2n) is 3.72. The smallest absolute Gasteiger partial charge is 0.227 e. The predicted octanol–water partition coefficient (Wildman–Crippen LogP) is 1.97. The summed E-state index contributed by atoms with van der Waals surface area (Å²) in [7, 11) is 0. The van der Waals surface area contributed by atoms with Crippen molar-refractivity contribution in [3.63, 3.8) is 0 Å². The summed E-state index contributed by atoms with van der Waals surface area (Å²) in [6, 6.07) is 7.65. The Labute approximate surface area is 97.5 Å². The fourth-order valence-corrected chi connectivity index (χ4v) is 2.27. The van der Waals surface area contributed by atoms with Crippen LogP contribution >= 0.6 is 11.3 Å². The van der Waals surface area contributed by atoms with E-state index < -0.39 is 0 Å². The summed E-state index contributed by atoms with van der Waals surface area (Å²) in [4.78, 5) is 15.8. The molecule has 1 heterocycles. The number of anilines is 1. The van der Waals surface area contributed by atoms with Gasteiger partial charge in [-0.3, -0.25) is 4.79 Å². The number of nitrogens with one attached hydrogen (secondary N) is 1. The van der Waals surface area contributed by atoms with E-state index in [1.807, 2.05) is 24.3 Å². The van der Waals surface area contributed by atoms with E-state index in [1.165, 1.54) is 11.3 Å². The second-order valence-corrected chi connectivity index (χ2v) is 4.75. The molecule has 0 aliphatic rings. The number of carbonyl (C=O) groups excluding carboxylic acids is 1. The number of benzene rings is 1. The molecule has 0 fully saturated rings. The van der Waals surface area contributed by atoms with Gasteiger partial charge in [0.25, 0.3) is 0 Å². The van der Waals surface area contributed by atoms with Gasteiger partial charge in [0, 0.05) is 12.5 Å². The quantitative estimate of drug-likeness (QED) is 0.854. The molecule has 1 unspecified atom stereocenters. The van der Waals surface area contributed by atoms with Gasteiger partial charge in [-0.05, 0) is 19.1 Å². The molecule has 1 amide bonds. The lowest BCUT2D eigenvalue weighted by Gasteiger charge is -2.03. The van der Waals surface area contributed by atoms with Crippen molar-refractivity contribution in [2.45, 2.75) is 19.4 Å². The number of thiazole rings is 1. The minimum absolute atomic E-state index is 0.0888. The molecule has 2 aromatic rings. The van der Waals surface area contributed by atoms with Gasteiger partial charge >= 0.3 is 0 Å². The number of hydrogen-bond donors (Lipinski definition) is 2. The molecule has 1 aromatic carbocycles. The normalized spacial score (nSPS) is 12.6. The average molecular weight is 235 g/mol. The Morgan fingerprint density at radius 3 is 3.00 bits per heavy atom. The molecule has 0 spiro atoms. The van der Waals surface area contributed by atoms with Gasteiger partial charge in [-0.15, -0.1) is 0 Å². The van der Waals surface area contributed by atoms with Gasteiger partial charge < -0.3 is 11.1 Å². The average Bonchev–Trinajstić information content (AvgIpc) is 2.57. The Bertz CT molecular complexity index is 474. The molecule has 4 nitrogen and oxygen atoms in total. The maximum atomic E-state index is 11.5. The highest BCUT2D eigenvalue weighted by Gasteiger charge is 2.08. The molecule has 1 atom stereocenters. The molecule has 0 bridgehead atoms. The fourth-order valence-electron chi connectivity index (χ4n) is 1.39. The van der Waals surface area contributed by atoms with Gasteiger partial charge in [0.1, 0.15) is 0 Å². The number of amides is 1. The number of rotatable bonds is 3. The van der Waals surface area contributed by atoms with Crippen LogP contribution < -0.4 is 11.1 Å². The van der Waals surface area contributed by atoms with Crippen LogP contribution in [0.2, 0.25) is 0 Å². The van der Waals surface area contributed by atoms with Crippen LogP contribution in [0.4, 0.5) is 5.13 Å². The lowest BCUT2D eigenvalue weighted by molar-refractivity contribution is -0.116. The first-order chi connectivity index (χ1) is 7.65. The molecular weight excluding hydrogens is 222 g/mol. The lowest BCUT2D eigenvalue weighted by atomic mass is 10.2. The van der Waals surface area contributed by atoms with Crippen molar-refractivity contribution in [1.29, 1.82) is 0 Å². The van der Waals surface area contributed by atoms with E-state index in [0.717, 1.165) is 10.2 Å². The molecular formula is C11H13N3OS. The van der Waals surface area contributed by atoms with Crippen molar-refractivity contribution in [3.8, 4) is 0 Å². The summed E-state index contributed by atoms with van der Waals surface area (Å²) in [5.41, 5.74) is 6.45. The molecule has 0 aliphatic carbocycles. The van der Waals surface area contributed by atoms with E-state index >= 15 is 0 Å². The van der Waals surface area contributed by atoms with Crippen molar-refractivity contribution < 1.29 is 4.79 Å². The summed E-state index contributed by atoms with van der Waals surface area (Å²) in [6.07, 6.45) is 0.315. The Morgan fingerprint density at radius 2 is 2.31 bits per heavy atom. The Morgan fingerprint density at radius 1 is 1.56 bits per heavy atom. The van der Waals surface area contributed by atoms with Crippen LogP contribution in [0.3, 0.4) is 0 Å². The molecule has 3 N–H and O–H groups in total. The third kappa shape index (κ3) is 2.56. The SMILES string of the molecule is CC(N)CC(=O)Nc1nc2ccccc2s1. The van der Waals surface area contributed by atoms with Gasteiger partial charge in [-0.2, -0.15) is 0 Å². The third-order valence-corrected chi connectivity index (χ3v) is 3.00. The summed E-state index contributed by atoms with van der Waals surface area (Å²) >= 11 is 1.47. The van der Waals surface area contributed by atoms with Crippen LogP contribution in [0.25, 0.3) is 10.2 Å². The van der Waals surface area contributed by atoms with E-state index in [1.54, 1.807) is 6.92 Å². The fraction of sp³-hybridized carbons (Fsp3) is 0.273. The van der Waals surface area contributed by atoms with Crippen LogP contribution in [0.15, 0.2) is 24.3 Å². The Hall–Kier alpha value is -1.46. The molecule has 2 rings (SSSR count). The zero-order valence-corrected chi connectivity index (χ0v) is 9.75. The molecule has 1 aromatic heterocycles. The van der Waals surface area contributed by atoms with Crippen molar-refractivity contribution in [2.75, 3.05) is 5.32 Å². The maximum Gasteiger partial charge on any atom is 0.227 e. The number of para-hydroxylation sites is 1. The van der Waals surface area contributed by atoms with Gasteiger partial charge in [-0.25, -0.2) is 4.98 Å². The predicted molar refractivity (Wildman–Crippen MR) is 66.5 cm³/mol. The third-order valence-electron chi connectivity index (χ3n) is 2.05. The lowest BCUT2D eigenvalue weighted by Crippen LogP contribution is -2.23.